The van der Waals surface area contributed by atoms with E-state index in [9.17, 15) is 24.1 Å². The summed E-state index contributed by atoms with van der Waals surface area (Å²) in [6.45, 7) is 1.43. The highest BCUT2D eigenvalue weighted by molar-refractivity contribution is 6.06. The minimum absolute atomic E-state index is 0.120. The highest BCUT2D eigenvalue weighted by atomic mass is 19.1. The van der Waals surface area contributed by atoms with E-state index in [1.807, 2.05) is 0 Å². The second-order valence-corrected chi connectivity index (χ2v) is 4.23. The van der Waals surface area contributed by atoms with E-state index in [2.05, 4.69) is 4.99 Å². The van der Waals surface area contributed by atoms with Gasteiger partial charge in [0, 0.05) is 16.7 Å². The topological polar surface area (TPSA) is 98.9 Å². The highest BCUT2D eigenvalue weighted by Crippen LogP contribution is 2.17. The summed E-state index contributed by atoms with van der Waals surface area (Å²) in [5.41, 5.74) is 0.0609. The van der Waals surface area contributed by atoms with Crippen LogP contribution in [0.1, 0.15) is 17.3 Å². The lowest BCUT2D eigenvalue weighted by molar-refractivity contribution is -0.501. The van der Waals surface area contributed by atoms with Gasteiger partial charge >= 0.3 is 17.9 Å². The van der Waals surface area contributed by atoms with Crippen LogP contribution in [0.5, 0.6) is 0 Å². The van der Waals surface area contributed by atoms with E-state index in [1.54, 1.807) is 0 Å². The lowest BCUT2D eigenvalue weighted by Crippen LogP contribution is -2.35. The summed E-state index contributed by atoms with van der Waals surface area (Å²) < 4.78 is 17.9. The third-order valence-electron chi connectivity index (χ3n) is 2.62. The molecule has 2 rings (SSSR count). The fraction of sp³-hybridized carbons (Fsp3) is 0.154. The molecule has 1 unspecified atom stereocenters. The Balaban J connectivity index is 2.28. The van der Waals surface area contributed by atoms with Crippen LogP contribution >= 0.6 is 0 Å². The van der Waals surface area contributed by atoms with Crippen molar-refractivity contribution in [2.45, 2.75) is 13.0 Å². The molecule has 0 fully saturated rings. The van der Waals surface area contributed by atoms with Gasteiger partial charge in [-0.2, -0.15) is 0 Å². The first kappa shape index (κ1) is 14.5. The molecule has 1 aromatic rings. The molecule has 21 heavy (non-hydrogen) atoms. The van der Waals surface area contributed by atoms with Crippen molar-refractivity contribution in [3.63, 3.8) is 0 Å². The molecular formula is C13H9FN2O5. The third kappa shape index (κ3) is 3.16. The number of carbonyl (C=O) groups excluding carboxylic acids is 2. The second-order valence-electron chi connectivity index (χ2n) is 4.23. The standard InChI is InChI=1S/C13H9FN2O5/c1-7-5-10(11(16(19)20)12(17)15-7)21-13(18)8-3-2-4-9(14)6-8/h2-6,11H,1H3. The molecule has 1 amide bonds. The fourth-order valence-corrected chi connectivity index (χ4v) is 1.73. The number of aliphatic imine (C=N–C) groups is 1. The number of nitrogens with zero attached hydrogens (tertiary/aromatic N) is 2. The Morgan fingerprint density at radius 1 is 1.48 bits per heavy atom. The Bertz CT molecular complexity index is 696. The van der Waals surface area contributed by atoms with Gasteiger partial charge in [-0.1, -0.05) is 6.07 Å². The summed E-state index contributed by atoms with van der Waals surface area (Å²) >= 11 is 0. The molecule has 108 valence electrons. The predicted octanol–water partition coefficient (Wildman–Crippen LogP) is 1.51. The number of ether oxygens (including phenoxy) is 1. The molecule has 0 aromatic heterocycles. The number of hydrogen-bond acceptors (Lipinski definition) is 5. The van der Waals surface area contributed by atoms with Crippen LogP contribution in [0.2, 0.25) is 0 Å². The first-order chi connectivity index (χ1) is 9.88. The number of benzene rings is 1. The molecule has 1 aliphatic heterocycles. The second kappa shape index (κ2) is 5.61. The number of amides is 1. The maximum Gasteiger partial charge on any atom is 0.348 e. The van der Waals surface area contributed by atoms with Crippen molar-refractivity contribution in [2.24, 2.45) is 4.99 Å². The van der Waals surface area contributed by atoms with Crippen molar-refractivity contribution in [2.75, 3.05) is 0 Å². The molecule has 1 aromatic carbocycles. The Kier molecular flexibility index (Phi) is 3.88. The van der Waals surface area contributed by atoms with E-state index in [0.717, 1.165) is 18.2 Å². The number of dihydropyridines is 1. The molecule has 0 saturated heterocycles. The van der Waals surface area contributed by atoms with Gasteiger partial charge in [0.25, 0.3) is 0 Å². The zero-order chi connectivity index (χ0) is 15.6. The van der Waals surface area contributed by atoms with Crippen molar-refractivity contribution < 1.29 is 23.6 Å². The van der Waals surface area contributed by atoms with Gasteiger partial charge in [-0.25, -0.2) is 14.2 Å². The number of halogens is 1. The van der Waals surface area contributed by atoms with Gasteiger partial charge in [0.1, 0.15) is 5.82 Å². The lowest BCUT2D eigenvalue weighted by atomic mass is 10.1. The Morgan fingerprint density at radius 3 is 2.81 bits per heavy atom. The fourth-order valence-electron chi connectivity index (χ4n) is 1.73. The molecule has 0 aliphatic carbocycles. The number of allylic oxidation sites excluding steroid dienone is 1. The number of esters is 1. The summed E-state index contributed by atoms with van der Waals surface area (Å²) in [5.74, 6) is -3.11. The van der Waals surface area contributed by atoms with E-state index >= 15 is 0 Å². The first-order valence-electron chi connectivity index (χ1n) is 5.80. The Hall–Kier alpha value is -2.90. The van der Waals surface area contributed by atoms with Crippen molar-refractivity contribution in [3.8, 4) is 0 Å². The summed E-state index contributed by atoms with van der Waals surface area (Å²) in [7, 11) is 0. The molecule has 1 heterocycles. The summed E-state index contributed by atoms with van der Waals surface area (Å²) in [6.07, 6.45) is 1.13. The number of nitro groups is 1. The van der Waals surface area contributed by atoms with Crippen LogP contribution in [0.3, 0.4) is 0 Å². The Morgan fingerprint density at radius 2 is 2.19 bits per heavy atom. The van der Waals surface area contributed by atoms with Gasteiger partial charge in [0.2, 0.25) is 0 Å². The molecular weight excluding hydrogens is 283 g/mol. The van der Waals surface area contributed by atoms with Crippen LogP contribution in [0.15, 0.2) is 41.1 Å². The van der Waals surface area contributed by atoms with Crippen LogP contribution in [0.25, 0.3) is 0 Å². The molecule has 0 radical (unpaired) electrons. The van der Waals surface area contributed by atoms with Crippen molar-refractivity contribution in [1.82, 2.24) is 0 Å². The van der Waals surface area contributed by atoms with Gasteiger partial charge in [-0.3, -0.25) is 14.9 Å². The minimum Gasteiger partial charge on any atom is -0.419 e. The van der Waals surface area contributed by atoms with Gasteiger partial charge in [0.15, 0.2) is 5.76 Å². The molecule has 0 spiro atoms. The van der Waals surface area contributed by atoms with Gasteiger partial charge < -0.3 is 4.74 Å². The molecule has 7 nitrogen and oxygen atoms in total. The number of carbonyl (C=O) groups is 2. The third-order valence-corrected chi connectivity index (χ3v) is 2.62. The van der Waals surface area contributed by atoms with Crippen molar-refractivity contribution in [3.05, 3.63) is 57.6 Å². The van der Waals surface area contributed by atoms with E-state index in [1.165, 1.54) is 19.1 Å². The molecule has 1 aliphatic rings. The summed E-state index contributed by atoms with van der Waals surface area (Å²) in [5, 5.41) is 10.9. The Labute approximate surface area is 117 Å². The first-order valence-corrected chi connectivity index (χ1v) is 5.80. The van der Waals surface area contributed by atoms with Gasteiger partial charge in [-0.05, 0) is 25.1 Å². The van der Waals surface area contributed by atoms with E-state index in [0.29, 0.717) is 0 Å². The summed E-state index contributed by atoms with van der Waals surface area (Å²) in [6, 6.07) is 2.78. The van der Waals surface area contributed by atoms with Crippen LogP contribution in [-0.2, 0) is 9.53 Å². The van der Waals surface area contributed by atoms with E-state index < -0.39 is 34.4 Å². The SMILES string of the molecule is CC1=NC(=O)C([N+](=O)[O-])C(OC(=O)c2cccc(F)c2)=C1. The zero-order valence-corrected chi connectivity index (χ0v) is 10.8. The molecule has 1 atom stereocenters. The van der Waals surface area contributed by atoms with Crippen molar-refractivity contribution >= 4 is 17.6 Å². The number of rotatable bonds is 3. The quantitative estimate of drug-likeness (QED) is 0.477. The van der Waals surface area contributed by atoms with Crippen LogP contribution < -0.4 is 0 Å². The maximum absolute atomic E-state index is 13.0. The smallest absolute Gasteiger partial charge is 0.348 e. The van der Waals surface area contributed by atoms with E-state index in [-0.39, 0.29) is 11.3 Å². The average Bonchev–Trinajstić information content (AvgIpc) is 2.37. The monoisotopic (exact) mass is 292 g/mol. The maximum atomic E-state index is 13.0. The molecule has 0 bridgehead atoms. The lowest BCUT2D eigenvalue weighted by Gasteiger charge is -2.14. The predicted molar refractivity (Wildman–Crippen MR) is 68.8 cm³/mol. The van der Waals surface area contributed by atoms with Crippen LogP contribution in [-0.4, -0.2) is 28.6 Å². The minimum atomic E-state index is -1.87. The van der Waals surface area contributed by atoms with Crippen molar-refractivity contribution in [1.29, 1.82) is 0 Å². The molecule has 8 heteroatoms. The van der Waals surface area contributed by atoms with E-state index in [4.69, 9.17) is 4.74 Å². The number of hydrogen-bond donors (Lipinski definition) is 0. The summed E-state index contributed by atoms with van der Waals surface area (Å²) in [4.78, 5) is 36.8. The van der Waals surface area contributed by atoms with Gasteiger partial charge in [0.05, 0.1) is 5.56 Å². The van der Waals surface area contributed by atoms with Gasteiger partial charge in [-0.15, -0.1) is 0 Å². The van der Waals surface area contributed by atoms with Crippen LogP contribution in [0, 0.1) is 15.9 Å². The molecule has 0 saturated carbocycles. The molecule has 0 N–H and O–H groups in total. The van der Waals surface area contributed by atoms with Crippen LogP contribution in [0.4, 0.5) is 4.39 Å². The largest absolute Gasteiger partial charge is 0.419 e. The average molecular weight is 292 g/mol. The highest BCUT2D eigenvalue weighted by Gasteiger charge is 2.39. The normalized spacial score (nSPS) is 17.8. The zero-order valence-electron chi connectivity index (χ0n) is 10.8.